The molecule has 0 bridgehead atoms. The standard InChI is InChI=1S/C19H17NO5S/c1-11(21)16-7-6-13(26-16)8-9-20-18(22)14-10-12-4-3-5-15(24-2)17(12)25-19(14)23/h3-7,10H,8-9H2,1-2H3,(H,20,22). The molecule has 26 heavy (non-hydrogen) atoms. The molecule has 7 heteroatoms. The number of nitrogens with one attached hydrogen (secondary N) is 1. The number of methoxy groups -OCH3 is 1. The third kappa shape index (κ3) is 3.67. The molecule has 0 saturated heterocycles. The largest absolute Gasteiger partial charge is 0.493 e. The number of benzene rings is 1. The summed E-state index contributed by atoms with van der Waals surface area (Å²) in [7, 11) is 1.48. The second kappa shape index (κ2) is 7.53. The van der Waals surface area contributed by atoms with E-state index in [1.165, 1.54) is 31.4 Å². The van der Waals surface area contributed by atoms with Crippen molar-refractivity contribution in [3.8, 4) is 5.75 Å². The zero-order chi connectivity index (χ0) is 18.7. The molecule has 2 aromatic heterocycles. The minimum atomic E-state index is -0.713. The molecule has 3 aromatic rings. The van der Waals surface area contributed by atoms with Crippen molar-refractivity contribution in [1.82, 2.24) is 5.32 Å². The van der Waals surface area contributed by atoms with Gasteiger partial charge < -0.3 is 14.5 Å². The first-order valence-corrected chi connectivity index (χ1v) is 8.80. The molecule has 0 aliphatic heterocycles. The lowest BCUT2D eigenvalue weighted by molar-refractivity contribution is 0.0949. The Hall–Kier alpha value is -2.93. The number of amides is 1. The van der Waals surface area contributed by atoms with E-state index >= 15 is 0 Å². The van der Waals surface area contributed by atoms with Crippen molar-refractivity contribution >= 4 is 34.0 Å². The average molecular weight is 371 g/mol. The monoisotopic (exact) mass is 371 g/mol. The van der Waals surface area contributed by atoms with Crippen molar-refractivity contribution in [2.45, 2.75) is 13.3 Å². The Morgan fingerprint density at radius 3 is 2.73 bits per heavy atom. The van der Waals surface area contributed by atoms with Crippen LogP contribution in [0, 0.1) is 0 Å². The van der Waals surface area contributed by atoms with Crippen molar-refractivity contribution < 1.29 is 18.7 Å². The van der Waals surface area contributed by atoms with E-state index in [0.29, 0.717) is 34.6 Å². The lowest BCUT2D eigenvalue weighted by atomic mass is 10.1. The zero-order valence-corrected chi connectivity index (χ0v) is 15.1. The molecule has 1 aromatic carbocycles. The molecule has 0 aliphatic rings. The van der Waals surface area contributed by atoms with Crippen molar-refractivity contribution in [2.24, 2.45) is 0 Å². The molecule has 3 rings (SSSR count). The fourth-order valence-electron chi connectivity index (χ4n) is 2.53. The predicted molar refractivity (Wildman–Crippen MR) is 99.4 cm³/mol. The van der Waals surface area contributed by atoms with Gasteiger partial charge in [0.15, 0.2) is 17.1 Å². The van der Waals surface area contributed by atoms with E-state index < -0.39 is 11.5 Å². The van der Waals surface area contributed by atoms with Gasteiger partial charge in [-0.3, -0.25) is 9.59 Å². The highest BCUT2D eigenvalue weighted by Gasteiger charge is 2.15. The maximum absolute atomic E-state index is 12.3. The first-order valence-electron chi connectivity index (χ1n) is 7.98. The van der Waals surface area contributed by atoms with Crippen LogP contribution >= 0.6 is 11.3 Å². The molecule has 6 nitrogen and oxygen atoms in total. The first kappa shape index (κ1) is 17.9. The van der Waals surface area contributed by atoms with Gasteiger partial charge in [0.1, 0.15) is 5.56 Å². The second-order valence-electron chi connectivity index (χ2n) is 5.65. The van der Waals surface area contributed by atoms with Crippen molar-refractivity contribution in [1.29, 1.82) is 0 Å². The summed E-state index contributed by atoms with van der Waals surface area (Å²) in [4.78, 5) is 37.4. The van der Waals surface area contributed by atoms with Crippen LogP contribution in [-0.2, 0) is 6.42 Å². The van der Waals surface area contributed by atoms with Crippen LogP contribution in [0.1, 0.15) is 31.8 Å². The highest BCUT2D eigenvalue weighted by Crippen LogP contribution is 2.24. The van der Waals surface area contributed by atoms with Gasteiger partial charge in [-0.1, -0.05) is 12.1 Å². The van der Waals surface area contributed by atoms with Gasteiger partial charge in [0, 0.05) is 16.8 Å². The molecule has 0 radical (unpaired) electrons. The van der Waals surface area contributed by atoms with E-state index in [4.69, 9.17) is 9.15 Å². The third-order valence-electron chi connectivity index (χ3n) is 3.85. The molecule has 0 fully saturated rings. The van der Waals surface area contributed by atoms with Gasteiger partial charge in [-0.15, -0.1) is 11.3 Å². The summed E-state index contributed by atoms with van der Waals surface area (Å²) in [6, 6.07) is 10.3. The normalized spacial score (nSPS) is 10.7. The number of ether oxygens (including phenoxy) is 1. The number of rotatable bonds is 6. The minimum Gasteiger partial charge on any atom is -0.493 e. The van der Waals surface area contributed by atoms with Crippen LogP contribution in [0.25, 0.3) is 11.0 Å². The molecule has 1 N–H and O–H groups in total. The predicted octanol–water partition coefficient (Wildman–Crippen LogP) is 3.04. The first-order chi connectivity index (χ1) is 12.5. The van der Waals surface area contributed by atoms with Gasteiger partial charge in [0.2, 0.25) is 0 Å². The summed E-state index contributed by atoms with van der Waals surface area (Å²) in [6.45, 7) is 1.87. The Morgan fingerprint density at radius 1 is 1.23 bits per heavy atom. The van der Waals surface area contributed by atoms with Gasteiger partial charge in [-0.2, -0.15) is 0 Å². The average Bonchev–Trinajstić information content (AvgIpc) is 3.09. The van der Waals surface area contributed by atoms with E-state index in [-0.39, 0.29) is 11.3 Å². The quantitative estimate of drug-likeness (QED) is 0.532. The minimum absolute atomic E-state index is 0.0227. The smallest absolute Gasteiger partial charge is 0.349 e. The summed E-state index contributed by atoms with van der Waals surface area (Å²) >= 11 is 1.40. The van der Waals surface area contributed by atoms with Gasteiger partial charge >= 0.3 is 5.63 Å². The number of ketones is 1. The van der Waals surface area contributed by atoms with Crippen LogP contribution in [-0.4, -0.2) is 25.3 Å². The van der Waals surface area contributed by atoms with E-state index in [2.05, 4.69) is 5.32 Å². The van der Waals surface area contributed by atoms with Crippen molar-refractivity contribution in [2.75, 3.05) is 13.7 Å². The maximum atomic E-state index is 12.3. The summed E-state index contributed by atoms with van der Waals surface area (Å²) in [5.74, 6) is -0.0353. The van der Waals surface area contributed by atoms with E-state index in [1.54, 1.807) is 24.3 Å². The Kier molecular flexibility index (Phi) is 5.18. The number of thiophene rings is 1. The summed E-state index contributed by atoms with van der Waals surface area (Å²) in [5.41, 5.74) is -0.456. The zero-order valence-electron chi connectivity index (χ0n) is 14.3. The molecule has 2 heterocycles. The van der Waals surface area contributed by atoms with Gasteiger partial charge in [0.05, 0.1) is 12.0 Å². The Labute approximate surface area is 153 Å². The Bertz CT molecular complexity index is 1030. The SMILES string of the molecule is COc1cccc2cc(C(=O)NCCc3ccc(C(C)=O)s3)c(=O)oc12. The number of Topliss-reactive ketones (excluding diaryl/α,β-unsaturated/α-hetero) is 1. The highest BCUT2D eigenvalue weighted by molar-refractivity contribution is 7.14. The maximum Gasteiger partial charge on any atom is 0.349 e. The molecule has 134 valence electrons. The Morgan fingerprint density at radius 2 is 2.04 bits per heavy atom. The number of carbonyl (C=O) groups is 2. The van der Waals surface area contributed by atoms with E-state index in [1.807, 2.05) is 6.07 Å². The fourth-order valence-corrected chi connectivity index (χ4v) is 3.44. The van der Waals surface area contributed by atoms with Gasteiger partial charge in [-0.05, 0) is 37.6 Å². The molecule has 1 amide bonds. The van der Waals surface area contributed by atoms with Crippen molar-refractivity contribution in [3.05, 3.63) is 62.1 Å². The number of carbonyl (C=O) groups excluding carboxylic acids is 2. The van der Waals surface area contributed by atoms with Crippen LogP contribution in [0.3, 0.4) is 0 Å². The number of hydrogen-bond donors (Lipinski definition) is 1. The van der Waals surface area contributed by atoms with Crippen molar-refractivity contribution in [3.63, 3.8) is 0 Å². The molecule has 0 spiro atoms. The van der Waals surface area contributed by atoms with Gasteiger partial charge in [0.25, 0.3) is 5.91 Å². The molecular weight excluding hydrogens is 354 g/mol. The topological polar surface area (TPSA) is 85.6 Å². The summed E-state index contributed by atoms with van der Waals surface area (Å²) in [5, 5.41) is 3.32. The van der Waals surface area contributed by atoms with Crippen LogP contribution in [0.5, 0.6) is 5.75 Å². The van der Waals surface area contributed by atoms with Gasteiger partial charge in [-0.25, -0.2) is 4.79 Å². The van der Waals surface area contributed by atoms with E-state index in [0.717, 1.165) is 4.88 Å². The van der Waals surface area contributed by atoms with Crippen LogP contribution in [0.2, 0.25) is 0 Å². The number of fused-ring (bicyclic) bond motifs is 1. The molecule has 0 unspecified atom stereocenters. The Balaban J connectivity index is 1.72. The van der Waals surface area contributed by atoms with E-state index in [9.17, 15) is 14.4 Å². The van der Waals surface area contributed by atoms with Crippen LogP contribution in [0.15, 0.2) is 45.6 Å². The number of para-hydroxylation sites is 1. The molecule has 0 atom stereocenters. The van der Waals surface area contributed by atoms with Crippen LogP contribution in [0.4, 0.5) is 0 Å². The summed E-state index contributed by atoms with van der Waals surface area (Å²) < 4.78 is 10.4. The lowest BCUT2D eigenvalue weighted by Gasteiger charge is -2.06. The second-order valence-corrected chi connectivity index (χ2v) is 6.82. The fraction of sp³-hybridized carbons (Fsp3) is 0.211. The highest BCUT2D eigenvalue weighted by atomic mass is 32.1. The van der Waals surface area contributed by atoms with Crippen LogP contribution < -0.4 is 15.7 Å². The summed E-state index contributed by atoms with van der Waals surface area (Å²) in [6.07, 6.45) is 0.580. The lowest BCUT2D eigenvalue weighted by Crippen LogP contribution is -2.29. The molecule has 0 aliphatic carbocycles. The molecular formula is C19H17NO5S. The molecule has 0 saturated carbocycles. The third-order valence-corrected chi connectivity index (χ3v) is 5.10. The number of hydrogen-bond acceptors (Lipinski definition) is 6.